The number of aldehydes is 1. The topological polar surface area (TPSA) is 62.8 Å². The molecule has 14 heavy (non-hydrogen) atoms. The second kappa shape index (κ2) is 3.55. The molecule has 2 heterocycles. The van der Waals surface area contributed by atoms with Crippen LogP contribution in [-0.2, 0) is 0 Å². The minimum atomic E-state index is -0.458. The third-order valence-corrected chi connectivity index (χ3v) is 2.63. The van der Waals surface area contributed by atoms with Gasteiger partial charge in [-0.15, -0.1) is 11.3 Å². The van der Waals surface area contributed by atoms with Crippen molar-refractivity contribution in [2.75, 3.05) is 0 Å². The lowest BCUT2D eigenvalue weighted by molar-refractivity contribution is 0.112. The number of thiophene rings is 1. The fraction of sp³-hybridized carbons (Fsp3) is 0. The number of hydrogen-bond acceptors (Lipinski definition) is 4. The average Bonchev–Trinajstić information content (AvgIpc) is 2.71. The summed E-state index contributed by atoms with van der Waals surface area (Å²) in [6.45, 7) is 0. The van der Waals surface area contributed by atoms with Crippen LogP contribution < -0.4 is 5.56 Å². The largest absolute Gasteiger partial charge is 0.298 e. The number of hydrogen-bond donors (Lipinski definition) is 1. The van der Waals surface area contributed by atoms with Gasteiger partial charge in [0, 0.05) is 0 Å². The number of carbonyl (C=O) groups excluding carboxylic acids is 1. The molecule has 0 unspecified atom stereocenters. The summed E-state index contributed by atoms with van der Waals surface area (Å²) >= 11 is 1.50. The van der Waals surface area contributed by atoms with Crippen LogP contribution in [0.25, 0.3) is 10.6 Å². The zero-order valence-electron chi connectivity index (χ0n) is 7.06. The van der Waals surface area contributed by atoms with E-state index in [1.165, 1.54) is 17.4 Å². The van der Waals surface area contributed by atoms with E-state index in [-0.39, 0.29) is 5.56 Å². The Balaban J connectivity index is 2.57. The van der Waals surface area contributed by atoms with E-state index in [0.717, 1.165) is 4.88 Å². The lowest BCUT2D eigenvalue weighted by Crippen LogP contribution is -2.13. The van der Waals surface area contributed by atoms with E-state index in [4.69, 9.17) is 0 Å². The minimum Gasteiger partial charge on any atom is -0.298 e. The summed E-state index contributed by atoms with van der Waals surface area (Å²) in [5.41, 5.74) is 0.255. The molecule has 2 aromatic heterocycles. The number of rotatable bonds is 2. The van der Waals surface area contributed by atoms with Gasteiger partial charge in [-0.1, -0.05) is 6.07 Å². The number of aromatic amines is 1. The van der Waals surface area contributed by atoms with Crippen molar-refractivity contribution in [1.29, 1.82) is 0 Å². The van der Waals surface area contributed by atoms with E-state index in [2.05, 4.69) is 10.2 Å². The van der Waals surface area contributed by atoms with Crippen molar-refractivity contribution in [3.8, 4) is 10.6 Å². The molecule has 1 N–H and O–H groups in total. The van der Waals surface area contributed by atoms with Crippen molar-refractivity contribution in [1.82, 2.24) is 10.2 Å². The molecule has 0 aliphatic rings. The van der Waals surface area contributed by atoms with Crippen LogP contribution in [0.2, 0.25) is 0 Å². The summed E-state index contributed by atoms with van der Waals surface area (Å²) < 4.78 is 0. The Morgan fingerprint density at radius 3 is 3.00 bits per heavy atom. The maximum Gasteiger partial charge on any atom is 0.274 e. The van der Waals surface area contributed by atoms with E-state index >= 15 is 0 Å². The second-order valence-electron chi connectivity index (χ2n) is 2.63. The Hall–Kier alpha value is -1.75. The molecule has 0 aliphatic heterocycles. The van der Waals surface area contributed by atoms with Crippen molar-refractivity contribution >= 4 is 17.6 Å². The van der Waals surface area contributed by atoms with Gasteiger partial charge in [-0.25, -0.2) is 5.10 Å². The van der Waals surface area contributed by atoms with Crippen LogP contribution in [0.1, 0.15) is 10.4 Å². The molecule has 0 aromatic carbocycles. The first-order valence-electron chi connectivity index (χ1n) is 3.90. The molecule has 0 fully saturated rings. The van der Waals surface area contributed by atoms with E-state index < -0.39 is 5.56 Å². The van der Waals surface area contributed by atoms with E-state index in [1.807, 2.05) is 17.5 Å². The van der Waals surface area contributed by atoms with Gasteiger partial charge in [0.05, 0.1) is 10.4 Å². The van der Waals surface area contributed by atoms with E-state index in [1.54, 1.807) is 0 Å². The SMILES string of the molecule is O=Cc1cc(-c2cccs2)n[nH]c1=O. The lowest BCUT2D eigenvalue weighted by atomic mass is 10.2. The molecule has 2 rings (SSSR count). The van der Waals surface area contributed by atoms with Gasteiger partial charge in [-0.05, 0) is 17.5 Å². The highest BCUT2D eigenvalue weighted by atomic mass is 32.1. The molecule has 0 atom stereocenters. The normalized spacial score (nSPS) is 10.0. The van der Waals surface area contributed by atoms with Crippen molar-refractivity contribution < 1.29 is 4.79 Å². The van der Waals surface area contributed by atoms with Crippen molar-refractivity contribution in [3.63, 3.8) is 0 Å². The molecule has 0 aliphatic carbocycles. The molecule has 0 radical (unpaired) electrons. The van der Waals surface area contributed by atoms with E-state index in [0.29, 0.717) is 12.0 Å². The molecular formula is C9H6N2O2S. The maximum absolute atomic E-state index is 11.0. The van der Waals surface area contributed by atoms with Crippen molar-refractivity contribution in [2.45, 2.75) is 0 Å². The molecule has 4 nitrogen and oxygen atoms in total. The molecule has 2 aromatic rings. The van der Waals surface area contributed by atoms with Crippen LogP contribution in [0.4, 0.5) is 0 Å². The van der Waals surface area contributed by atoms with Gasteiger partial charge < -0.3 is 0 Å². The first-order chi connectivity index (χ1) is 6.81. The summed E-state index contributed by atoms with van der Waals surface area (Å²) in [6, 6.07) is 5.24. The lowest BCUT2D eigenvalue weighted by Gasteiger charge is -1.95. The van der Waals surface area contributed by atoms with Crippen LogP contribution in [0.3, 0.4) is 0 Å². The molecule has 0 bridgehead atoms. The minimum absolute atomic E-state index is 0.100. The summed E-state index contributed by atoms with van der Waals surface area (Å²) in [7, 11) is 0. The highest BCUT2D eigenvalue weighted by molar-refractivity contribution is 7.13. The first-order valence-corrected chi connectivity index (χ1v) is 4.78. The zero-order valence-corrected chi connectivity index (χ0v) is 7.88. The molecule has 5 heteroatoms. The smallest absolute Gasteiger partial charge is 0.274 e. The zero-order chi connectivity index (χ0) is 9.97. The molecule has 0 saturated heterocycles. The molecular weight excluding hydrogens is 200 g/mol. The Labute approximate surface area is 83.2 Å². The predicted octanol–water partition coefficient (Wildman–Crippen LogP) is 1.31. The molecule has 0 spiro atoms. The van der Waals surface area contributed by atoms with Crippen LogP contribution in [0.15, 0.2) is 28.4 Å². The average molecular weight is 206 g/mol. The third kappa shape index (κ3) is 1.49. The van der Waals surface area contributed by atoms with Gasteiger partial charge in [0.2, 0.25) is 0 Å². The van der Waals surface area contributed by atoms with Gasteiger partial charge in [0.15, 0.2) is 6.29 Å². The van der Waals surface area contributed by atoms with Gasteiger partial charge in [-0.3, -0.25) is 9.59 Å². The van der Waals surface area contributed by atoms with Crippen LogP contribution >= 0.6 is 11.3 Å². The summed E-state index contributed by atoms with van der Waals surface area (Å²) in [4.78, 5) is 22.5. The van der Waals surface area contributed by atoms with Crippen LogP contribution in [-0.4, -0.2) is 16.5 Å². The van der Waals surface area contributed by atoms with Gasteiger partial charge in [-0.2, -0.15) is 5.10 Å². The number of nitrogens with one attached hydrogen (secondary N) is 1. The predicted molar refractivity (Wildman–Crippen MR) is 53.6 cm³/mol. The number of aromatic nitrogens is 2. The first kappa shape index (κ1) is 8.83. The summed E-state index contributed by atoms with van der Waals surface area (Å²) in [6.07, 6.45) is 0.525. The number of nitrogens with zero attached hydrogens (tertiary/aromatic N) is 1. The Morgan fingerprint density at radius 1 is 1.50 bits per heavy atom. The quantitative estimate of drug-likeness (QED) is 0.753. The standard InChI is InChI=1S/C9H6N2O2S/c12-5-6-4-7(10-11-9(6)13)8-2-1-3-14-8/h1-5H,(H,11,13). The highest BCUT2D eigenvalue weighted by Gasteiger charge is 2.04. The van der Waals surface area contributed by atoms with Crippen molar-refractivity contribution in [2.24, 2.45) is 0 Å². The molecule has 0 amide bonds. The fourth-order valence-electron chi connectivity index (χ4n) is 1.06. The fourth-order valence-corrected chi connectivity index (χ4v) is 1.74. The Morgan fingerprint density at radius 2 is 2.36 bits per heavy atom. The third-order valence-electron chi connectivity index (χ3n) is 1.73. The van der Waals surface area contributed by atoms with Gasteiger partial charge in [0.1, 0.15) is 5.69 Å². The Bertz CT molecular complexity index is 502. The van der Waals surface area contributed by atoms with E-state index in [9.17, 15) is 9.59 Å². The molecule has 0 saturated carbocycles. The summed E-state index contributed by atoms with van der Waals surface area (Å²) in [5.74, 6) is 0. The van der Waals surface area contributed by atoms with Crippen molar-refractivity contribution in [3.05, 3.63) is 39.5 Å². The summed E-state index contributed by atoms with van der Waals surface area (Å²) in [5, 5.41) is 8.03. The van der Waals surface area contributed by atoms with Crippen LogP contribution in [0, 0.1) is 0 Å². The second-order valence-corrected chi connectivity index (χ2v) is 3.58. The number of carbonyl (C=O) groups is 1. The van der Waals surface area contributed by atoms with Gasteiger partial charge in [0.25, 0.3) is 5.56 Å². The molecule has 70 valence electrons. The highest BCUT2D eigenvalue weighted by Crippen LogP contribution is 2.21. The number of H-pyrrole nitrogens is 1. The Kier molecular flexibility index (Phi) is 2.24. The van der Waals surface area contributed by atoms with Gasteiger partial charge >= 0.3 is 0 Å². The van der Waals surface area contributed by atoms with Crippen LogP contribution in [0.5, 0.6) is 0 Å². The monoisotopic (exact) mass is 206 g/mol. The maximum atomic E-state index is 11.0.